The van der Waals surface area contributed by atoms with Gasteiger partial charge in [0.2, 0.25) is 0 Å². The molecule has 3 heteroatoms. The van der Waals surface area contributed by atoms with E-state index in [-0.39, 0.29) is 5.97 Å². The van der Waals surface area contributed by atoms with E-state index < -0.39 is 0 Å². The van der Waals surface area contributed by atoms with E-state index in [4.69, 9.17) is 4.74 Å². The van der Waals surface area contributed by atoms with E-state index in [0.29, 0.717) is 12.2 Å². The molecular weight excluding hydrogens is 238 g/mol. The summed E-state index contributed by atoms with van der Waals surface area (Å²) in [5.41, 5.74) is 2.68. The third kappa shape index (κ3) is 3.16. The van der Waals surface area contributed by atoms with Gasteiger partial charge in [-0.05, 0) is 43.9 Å². The minimum absolute atomic E-state index is 0.237. The van der Waals surface area contributed by atoms with Crippen molar-refractivity contribution >= 4 is 17.7 Å². The topological polar surface area (TPSA) is 29.5 Å². The van der Waals surface area contributed by atoms with E-state index in [2.05, 4.69) is 11.5 Å². The Morgan fingerprint density at radius 1 is 1.37 bits per heavy atom. The van der Waals surface area contributed by atoms with Crippen molar-refractivity contribution in [3.05, 3.63) is 35.9 Å². The molecule has 0 spiro atoms. The second kappa shape index (κ2) is 6.41. The van der Waals surface area contributed by atoms with Crippen LogP contribution in [0.4, 0.5) is 5.69 Å². The van der Waals surface area contributed by atoms with Crippen LogP contribution in [0.2, 0.25) is 0 Å². The molecule has 0 saturated carbocycles. The van der Waals surface area contributed by atoms with Gasteiger partial charge in [0, 0.05) is 13.1 Å². The van der Waals surface area contributed by atoms with Gasteiger partial charge in [-0.1, -0.05) is 18.7 Å². The molecule has 0 aromatic heterocycles. The average molecular weight is 259 g/mol. The number of carbonyl (C=O) groups is 1. The van der Waals surface area contributed by atoms with Gasteiger partial charge < -0.3 is 9.64 Å². The summed E-state index contributed by atoms with van der Waals surface area (Å²) < 4.78 is 5.14. The number of piperidine rings is 1. The van der Waals surface area contributed by atoms with Crippen LogP contribution in [0.1, 0.15) is 42.1 Å². The molecule has 1 aliphatic rings. The Kier molecular flexibility index (Phi) is 4.61. The minimum Gasteiger partial charge on any atom is -0.462 e. The molecule has 1 saturated heterocycles. The van der Waals surface area contributed by atoms with Gasteiger partial charge in [-0.25, -0.2) is 4.79 Å². The van der Waals surface area contributed by atoms with Crippen LogP contribution >= 0.6 is 0 Å². The largest absolute Gasteiger partial charge is 0.462 e. The Morgan fingerprint density at radius 3 is 2.74 bits per heavy atom. The molecule has 1 aromatic rings. The van der Waals surface area contributed by atoms with Crippen molar-refractivity contribution in [3.63, 3.8) is 0 Å². The lowest BCUT2D eigenvalue weighted by Crippen LogP contribution is -2.31. The standard InChI is InChI=1S/C16H21NO2/c1-3-13-8-9-14(16(18)19-4-2)15(12-13)17-10-6-5-7-11-17/h3,8-9,12H,1,4-7,10-11H2,2H3. The zero-order chi connectivity index (χ0) is 13.7. The minimum atomic E-state index is -0.237. The highest BCUT2D eigenvalue weighted by molar-refractivity contribution is 5.96. The molecule has 0 aliphatic carbocycles. The maximum Gasteiger partial charge on any atom is 0.340 e. The SMILES string of the molecule is C=Cc1ccc(C(=O)OCC)c(N2CCCCC2)c1. The first-order chi connectivity index (χ1) is 9.26. The quantitative estimate of drug-likeness (QED) is 0.775. The molecule has 19 heavy (non-hydrogen) atoms. The number of rotatable bonds is 4. The first kappa shape index (κ1) is 13.7. The number of benzene rings is 1. The summed E-state index contributed by atoms with van der Waals surface area (Å²) in [5.74, 6) is -0.237. The summed E-state index contributed by atoms with van der Waals surface area (Å²) in [6.07, 6.45) is 5.44. The summed E-state index contributed by atoms with van der Waals surface area (Å²) >= 11 is 0. The van der Waals surface area contributed by atoms with E-state index in [1.807, 2.05) is 31.2 Å². The predicted molar refractivity (Wildman–Crippen MR) is 78.6 cm³/mol. The molecule has 0 radical (unpaired) electrons. The van der Waals surface area contributed by atoms with Crippen molar-refractivity contribution in [3.8, 4) is 0 Å². The molecular formula is C16H21NO2. The normalized spacial score (nSPS) is 15.1. The van der Waals surface area contributed by atoms with E-state index in [1.165, 1.54) is 19.3 Å². The van der Waals surface area contributed by atoms with Crippen molar-refractivity contribution in [2.75, 3.05) is 24.6 Å². The first-order valence-electron chi connectivity index (χ1n) is 6.95. The second-order valence-electron chi connectivity index (χ2n) is 4.75. The van der Waals surface area contributed by atoms with Crippen molar-refractivity contribution < 1.29 is 9.53 Å². The lowest BCUT2D eigenvalue weighted by molar-refractivity contribution is 0.0527. The number of nitrogens with zero attached hydrogens (tertiary/aromatic N) is 1. The fourth-order valence-corrected chi connectivity index (χ4v) is 2.45. The van der Waals surface area contributed by atoms with E-state index in [9.17, 15) is 4.79 Å². The molecule has 0 amide bonds. The van der Waals surface area contributed by atoms with Crippen LogP contribution in [-0.2, 0) is 4.74 Å². The van der Waals surface area contributed by atoms with Crippen molar-refractivity contribution in [1.29, 1.82) is 0 Å². The third-order valence-corrected chi connectivity index (χ3v) is 3.45. The van der Waals surface area contributed by atoms with Crippen molar-refractivity contribution in [2.45, 2.75) is 26.2 Å². The van der Waals surface area contributed by atoms with Crippen LogP contribution in [0.25, 0.3) is 6.08 Å². The highest BCUT2D eigenvalue weighted by Gasteiger charge is 2.19. The first-order valence-corrected chi connectivity index (χ1v) is 6.95. The number of hydrogen-bond acceptors (Lipinski definition) is 3. The van der Waals surface area contributed by atoms with E-state index >= 15 is 0 Å². The number of esters is 1. The van der Waals surface area contributed by atoms with Gasteiger partial charge >= 0.3 is 5.97 Å². The molecule has 0 bridgehead atoms. The van der Waals surface area contributed by atoms with Gasteiger partial charge in [0.1, 0.15) is 0 Å². The van der Waals surface area contributed by atoms with Gasteiger partial charge in [-0.15, -0.1) is 0 Å². The van der Waals surface area contributed by atoms with E-state index in [0.717, 1.165) is 24.3 Å². The smallest absolute Gasteiger partial charge is 0.340 e. The summed E-state index contributed by atoms with van der Waals surface area (Å²) in [5, 5.41) is 0. The highest BCUT2D eigenvalue weighted by Crippen LogP contribution is 2.26. The fourth-order valence-electron chi connectivity index (χ4n) is 2.45. The van der Waals surface area contributed by atoms with Crippen LogP contribution in [0.3, 0.4) is 0 Å². The summed E-state index contributed by atoms with van der Waals surface area (Å²) in [6, 6.07) is 5.79. The van der Waals surface area contributed by atoms with Gasteiger partial charge in [-0.2, -0.15) is 0 Å². The maximum absolute atomic E-state index is 12.0. The van der Waals surface area contributed by atoms with Gasteiger partial charge in [0.05, 0.1) is 17.9 Å². The lowest BCUT2D eigenvalue weighted by atomic mass is 10.0. The fraction of sp³-hybridized carbons (Fsp3) is 0.438. The number of ether oxygens (including phenoxy) is 1. The zero-order valence-electron chi connectivity index (χ0n) is 11.5. The Balaban J connectivity index is 2.35. The van der Waals surface area contributed by atoms with Crippen molar-refractivity contribution in [2.24, 2.45) is 0 Å². The Labute approximate surface area is 114 Å². The van der Waals surface area contributed by atoms with Crippen LogP contribution in [0.15, 0.2) is 24.8 Å². The molecule has 1 aromatic carbocycles. The molecule has 0 unspecified atom stereocenters. The molecule has 3 nitrogen and oxygen atoms in total. The number of carbonyl (C=O) groups excluding carboxylic acids is 1. The zero-order valence-corrected chi connectivity index (χ0v) is 11.5. The number of hydrogen-bond donors (Lipinski definition) is 0. The van der Waals surface area contributed by atoms with Crippen LogP contribution in [-0.4, -0.2) is 25.7 Å². The average Bonchev–Trinajstić information content (AvgIpc) is 2.47. The van der Waals surface area contributed by atoms with Crippen LogP contribution in [0.5, 0.6) is 0 Å². The second-order valence-corrected chi connectivity index (χ2v) is 4.75. The summed E-state index contributed by atoms with van der Waals surface area (Å²) in [6.45, 7) is 8.04. The molecule has 0 N–H and O–H groups in total. The molecule has 1 aliphatic heterocycles. The molecule has 2 rings (SSSR count). The highest BCUT2D eigenvalue weighted by atomic mass is 16.5. The Hall–Kier alpha value is -1.77. The number of anilines is 1. The Morgan fingerprint density at radius 2 is 2.11 bits per heavy atom. The summed E-state index contributed by atoms with van der Waals surface area (Å²) in [4.78, 5) is 14.3. The van der Waals surface area contributed by atoms with Crippen LogP contribution < -0.4 is 4.90 Å². The maximum atomic E-state index is 12.0. The molecule has 0 atom stereocenters. The van der Waals surface area contributed by atoms with E-state index in [1.54, 1.807) is 0 Å². The third-order valence-electron chi connectivity index (χ3n) is 3.45. The van der Waals surface area contributed by atoms with Gasteiger partial charge in [-0.3, -0.25) is 0 Å². The Bertz CT molecular complexity index is 462. The molecule has 1 heterocycles. The predicted octanol–water partition coefficient (Wildman–Crippen LogP) is 3.50. The molecule has 102 valence electrons. The monoisotopic (exact) mass is 259 g/mol. The van der Waals surface area contributed by atoms with Crippen molar-refractivity contribution in [1.82, 2.24) is 0 Å². The van der Waals surface area contributed by atoms with Gasteiger partial charge in [0.15, 0.2) is 0 Å². The summed E-state index contributed by atoms with van der Waals surface area (Å²) in [7, 11) is 0. The van der Waals surface area contributed by atoms with Crippen LogP contribution in [0, 0.1) is 0 Å². The van der Waals surface area contributed by atoms with Gasteiger partial charge in [0.25, 0.3) is 0 Å². The lowest BCUT2D eigenvalue weighted by Gasteiger charge is -2.30. The molecule has 1 fully saturated rings.